The number of aliphatic carboxylic acids is 1. The molecule has 7 heteroatoms. The molecule has 0 aliphatic carbocycles. The molecule has 0 aliphatic rings. The number of aryl methyl sites for hydroxylation is 1. The standard InChI is InChI=1S/C12H16N4O3/c1-4-10-9(5-6-19-10)11-13-14-15-16(11)8(3)7(2)12(17)18/h5-8H,4H2,1-3H3,(H,17,18). The van der Waals surface area contributed by atoms with Gasteiger partial charge in [-0.3, -0.25) is 4.79 Å². The average Bonchev–Trinajstić information content (AvgIpc) is 3.03. The minimum absolute atomic E-state index is 0.345. The molecule has 2 aromatic heterocycles. The molecule has 0 aliphatic heterocycles. The lowest BCUT2D eigenvalue weighted by molar-refractivity contribution is -0.142. The number of furan rings is 1. The van der Waals surface area contributed by atoms with Crippen LogP contribution in [0.2, 0.25) is 0 Å². The number of carbonyl (C=O) groups is 1. The van der Waals surface area contributed by atoms with Crippen molar-refractivity contribution in [1.82, 2.24) is 20.2 Å². The van der Waals surface area contributed by atoms with Gasteiger partial charge < -0.3 is 9.52 Å². The molecule has 0 saturated carbocycles. The molecule has 0 bridgehead atoms. The third kappa shape index (κ3) is 2.35. The quantitative estimate of drug-likeness (QED) is 0.884. The van der Waals surface area contributed by atoms with Crippen molar-refractivity contribution in [3.05, 3.63) is 18.1 Å². The van der Waals surface area contributed by atoms with Crippen LogP contribution in [-0.4, -0.2) is 31.3 Å². The summed E-state index contributed by atoms with van der Waals surface area (Å²) in [5.74, 6) is -0.145. The Bertz CT molecular complexity index is 575. The van der Waals surface area contributed by atoms with E-state index in [2.05, 4.69) is 15.5 Å². The van der Waals surface area contributed by atoms with E-state index in [0.29, 0.717) is 5.82 Å². The second-order valence-corrected chi connectivity index (χ2v) is 4.43. The summed E-state index contributed by atoms with van der Waals surface area (Å²) in [5.41, 5.74) is 0.803. The lowest BCUT2D eigenvalue weighted by atomic mass is 10.0. The highest BCUT2D eigenvalue weighted by Crippen LogP contribution is 2.27. The third-order valence-electron chi connectivity index (χ3n) is 3.30. The van der Waals surface area contributed by atoms with Crippen molar-refractivity contribution in [2.24, 2.45) is 5.92 Å². The largest absolute Gasteiger partial charge is 0.481 e. The van der Waals surface area contributed by atoms with Crippen molar-refractivity contribution in [1.29, 1.82) is 0 Å². The number of nitrogens with zero attached hydrogens (tertiary/aromatic N) is 4. The van der Waals surface area contributed by atoms with Crippen LogP contribution < -0.4 is 0 Å². The Labute approximate surface area is 110 Å². The summed E-state index contributed by atoms with van der Waals surface area (Å²) >= 11 is 0. The van der Waals surface area contributed by atoms with Gasteiger partial charge in [0.25, 0.3) is 0 Å². The fourth-order valence-electron chi connectivity index (χ4n) is 1.88. The molecule has 1 N–H and O–H groups in total. The van der Waals surface area contributed by atoms with Gasteiger partial charge in [0.15, 0.2) is 5.82 Å². The molecule has 2 aromatic rings. The van der Waals surface area contributed by atoms with E-state index in [1.165, 1.54) is 4.68 Å². The number of carboxylic acids is 1. The predicted octanol–water partition coefficient (Wildman–Crippen LogP) is 1.78. The first-order valence-electron chi connectivity index (χ1n) is 6.13. The van der Waals surface area contributed by atoms with Crippen LogP contribution in [-0.2, 0) is 11.2 Å². The molecular formula is C12H16N4O3. The van der Waals surface area contributed by atoms with Gasteiger partial charge in [-0.1, -0.05) is 6.92 Å². The SMILES string of the molecule is CCc1occc1-c1nnnn1C(C)C(C)C(=O)O. The summed E-state index contributed by atoms with van der Waals surface area (Å²) in [6.45, 7) is 5.39. The van der Waals surface area contributed by atoms with Crippen molar-refractivity contribution in [3.63, 3.8) is 0 Å². The van der Waals surface area contributed by atoms with Crippen LogP contribution in [0.15, 0.2) is 16.7 Å². The van der Waals surface area contributed by atoms with Crippen molar-refractivity contribution in [2.45, 2.75) is 33.2 Å². The van der Waals surface area contributed by atoms with Crippen LogP contribution in [0.25, 0.3) is 11.4 Å². The van der Waals surface area contributed by atoms with E-state index in [9.17, 15) is 4.79 Å². The van der Waals surface area contributed by atoms with Crippen LogP contribution in [0.5, 0.6) is 0 Å². The second kappa shape index (κ2) is 5.21. The number of rotatable bonds is 5. The summed E-state index contributed by atoms with van der Waals surface area (Å²) in [5, 5.41) is 20.6. The van der Waals surface area contributed by atoms with E-state index >= 15 is 0 Å². The molecule has 2 heterocycles. The third-order valence-corrected chi connectivity index (χ3v) is 3.30. The van der Waals surface area contributed by atoms with Crippen molar-refractivity contribution < 1.29 is 14.3 Å². The molecular weight excluding hydrogens is 248 g/mol. The zero-order valence-electron chi connectivity index (χ0n) is 11.1. The molecule has 2 unspecified atom stereocenters. The Hall–Kier alpha value is -2.18. The molecule has 0 fully saturated rings. The van der Waals surface area contributed by atoms with E-state index in [1.807, 2.05) is 6.92 Å². The van der Waals surface area contributed by atoms with Crippen molar-refractivity contribution in [2.75, 3.05) is 0 Å². The molecule has 7 nitrogen and oxygen atoms in total. The van der Waals surface area contributed by atoms with Gasteiger partial charge in [0.2, 0.25) is 0 Å². The number of tetrazole rings is 1. The van der Waals surface area contributed by atoms with Gasteiger partial charge in [0, 0.05) is 6.42 Å². The molecule has 0 aromatic carbocycles. The zero-order chi connectivity index (χ0) is 14.0. The van der Waals surface area contributed by atoms with Crippen LogP contribution in [0.3, 0.4) is 0 Å². The van der Waals surface area contributed by atoms with Crippen molar-refractivity contribution in [3.8, 4) is 11.4 Å². The average molecular weight is 264 g/mol. The monoisotopic (exact) mass is 264 g/mol. The van der Waals surface area contributed by atoms with E-state index < -0.39 is 11.9 Å². The first-order valence-corrected chi connectivity index (χ1v) is 6.13. The smallest absolute Gasteiger partial charge is 0.308 e. The highest BCUT2D eigenvalue weighted by atomic mass is 16.4. The molecule has 2 atom stereocenters. The maximum absolute atomic E-state index is 11.1. The van der Waals surface area contributed by atoms with Gasteiger partial charge >= 0.3 is 5.97 Å². The number of aromatic nitrogens is 4. The summed E-state index contributed by atoms with van der Waals surface area (Å²) in [7, 11) is 0. The Balaban J connectivity index is 2.40. The maximum atomic E-state index is 11.1. The minimum Gasteiger partial charge on any atom is -0.481 e. The van der Waals surface area contributed by atoms with Gasteiger partial charge in [-0.2, -0.15) is 0 Å². The van der Waals surface area contributed by atoms with Crippen LogP contribution in [0.4, 0.5) is 0 Å². The maximum Gasteiger partial charge on any atom is 0.308 e. The van der Waals surface area contributed by atoms with Crippen molar-refractivity contribution >= 4 is 5.97 Å². The van der Waals surface area contributed by atoms with Gasteiger partial charge in [-0.15, -0.1) is 5.10 Å². The zero-order valence-corrected chi connectivity index (χ0v) is 11.1. The summed E-state index contributed by atoms with van der Waals surface area (Å²) < 4.78 is 6.89. The number of carboxylic acid groups (broad SMARTS) is 1. The highest BCUT2D eigenvalue weighted by molar-refractivity contribution is 5.70. The van der Waals surface area contributed by atoms with Gasteiger partial charge in [0.05, 0.1) is 23.8 Å². The van der Waals surface area contributed by atoms with Crippen LogP contribution in [0, 0.1) is 5.92 Å². The molecule has 0 saturated heterocycles. The van der Waals surface area contributed by atoms with Crippen LogP contribution >= 0.6 is 0 Å². The van der Waals surface area contributed by atoms with E-state index in [-0.39, 0.29) is 6.04 Å². The van der Waals surface area contributed by atoms with Gasteiger partial charge in [-0.05, 0) is 30.3 Å². The van der Waals surface area contributed by atoms with E-state index in [1.54, 1.807) is 26.2 Å². The fourth-order valence-corrected chi connectivity index (χ4v) is 1.88. The Morgan fingerprint density at radius 3 is 2.89 bits per heavy atom. The Kier molecular flexibility index (Phi) is 3.64. The Morgan fingerprint density at radius 2 is 2.26 bits per heavy atom. The molecule has 0 amide bonds. The van der Waals surface area contributed by atoms with Gasteiger partial charge in [0.1, 0.15) is 5.76 Å². The lowest BCUT2D eigenvalue weighted by Gasteiger charge is -2.17. The number of hydrogen-bond donors (Lipinski definition) is 1. The topological polar surface area (TPSA) is 94.0 Å². The highest BCUT2D eigenvalue weighted by Gasteiger charge is 2.26. The summed E-state index contributed by atoms with van der Waals surface area (Å²) in [6, 6.07) is 1.45. The molecule has 0 radical (unpaired) electrons. The minimum atomic E-state index is -0.878. The first kappa shape index (κ1) is 13.3. The molecule has 2 rings (SSSR count). The van der Waals surface area contributed by atoms with Crippen LogP contribution in [0.1, 0.15) is 32.6 Å². The second-order valence-electron chi connectivity index (χ2n) is 4.43. The van der Waals surface area contributed by atoms with E-state index in [0.717, 1.165) is 17.7 Å². The lowest BCUT2D eigenvalue weighted by Crippen LogP contribution is -2.23. The normalized spacial score (nSPS) is 14.3. The summed E-state index contributed by atoms with van der Waals surface area (Å²) in [6.07, 6.45) is 2.30. The molecule has 102 valence electrons. The molecule has 0 spiro atoms. The first-order chi connectivity index (χ1) is 9.06. The molecule has 19 heavy (non-hydrogen) atoms. The summed E-state index contributed by atoms with van der Waals surface area (Å²) in [4.78, 5) is 11.1. The van der Waals surface area contributed by atoms with Gasteiger partial charge in [-0.25, -0.2) is 4.68 Å². The van der Waals surface area contributed by atoms with E-state index in [4.69, 9.17) is 9.52 Å². The Morgan fingerprint density at radius 1 is 1.53 bits per heavy atom. The fraction of sp³-hybridized carbons (Fsp3) is 0.500. The number of hydrogen-bond acceptors (Lipinski definition) is 5. The predicted molar refractivity (Wildman–Crippen MR) is 66.4 cm³/mol.